The van der Waals surface area contributed by atoms with Crippen LogP contribution in [0.25, 0.3) is 0 Å². The number of methoxy groups -OCH3 is 1. The van der Waals surface area contributed by atoms with Crippen LogP contribution in [0.4, 0.5) is 0 Å². The number of nitrogens with zero attached hydrogens (tertiary/aromatic N) is 1. The normalized spacial score (nSPS) is 18.5. The molecule has 1 aromatic heterocycles. The quantitative estimate of drug-likeness (QED) is 0.541. The molecule has 2 rings (SSSR count). The Labute approximate surface area is 140 Å². The van der Waals surface area contributed by atoms with Gasteiger partial charge in [-0.25, -0.2) is 0 Å². The summed E-state index contributed by atoms with van der Waals surface area (Å²) in [4.78, 5) is 37.5. The number of furan rings is 1. The summed E-state index contributed by atoms with van der Waals surface area (Å²) in [6.45, 7) is 2.80. The predicted molar refractivity (Wildman–Crippen MR) is 82.7 cm³/mol. The van der Waals surface area contributed by atoms with Gasteiger partial charge in [0.15, 0.2) is 6.10 Å². The molecule has 1 aliphatic rings. The zero-order valence-electron chi connectivity index (χ0n) is 13.8. The van der Waals surface area contributed by atoms with Gasteiger partial charge in [-0.3, -0.25) is 14.4 Å². The van der Waals surface area contributed by atoms with Crippen molar-refractivity contribution in [3.8, 4) is 0 Å². The molecule has 8 nitrogen and oxygen atoms in total. The molecule has 24 heavy (non-hydrogen) atoms. The summed E-state index contributed by atoms with van der Waals surface area (Å²) in [5, 5.41) is 2.60. The standard InChI is InChI=1S/C16H22N2O6/c1-11(15(20)17-5-7-22-2)24-16(21)12-8-14(19)18(9-12)10-13-4-3-6-23-13/h3-4,6,11-12H,5,7-10H2,1-2H3,(H,17,20)/t11-,12-/m1/s1. The summed E-state index contributed by atoms with van der Waals surface area (Å²) < 4.78 is 15.2. The number of nitrogens with one attached hydrogen (secondary N) is 1. The van der Waals surface area contributed by atoms with Gasteiger partial charge in [0, 0.05) is 26.6 Å². The van der Waals surface area contributed by atoms with Crippen LogP contribution in [0.2, 0.25) is 0 Å². The number of likely N-dealkylation sites (tertiary alicyclic amines) is 1. The average molecular weight is 338 g/mol. The van der Waals surface area contributed by atoms with Crippen molar-refractivity contribution in [3.05, 3.63) is 24.2 Å². The van der Waals surface area contributed by atoms with Gasteiger partial charge in [0.1, 0.15) is 5.76 Å². The number of hydrogen-bond acceptors (Lipinski definition) is 6. The molecule has 1 N–H and O–H groups in total. The Morgan fingerprint density at radius 2 is 2.29 bits per heavy atom. The van der Waals surface area contributed by atoms with Crippen LogP contribution in [-0.2, 0) is 30.4 Å². The van der Waals surface area contributed by atoms with E-state index in [4.69, 9.17) is 13.9 Å². The third-order valence-electron chi connectivity index (χ3n) is 3.74. The van der Waals surface area contributed by atoms with Crippen LogP contribution < -0.4 is 5.32 Å². The molecule has 0 bridgehead atoms. The molecule has 132 valence electrons. The summed E-state index contributed by atoms with van der Waals surface area (Å²) in [6, 6.07) is 3.51. The average Bonchev–Trinajstić information content (AvgIpc) is 3.18. The molecule has 2 heterocycles. The number of carbonyl (C=O) groups excluding carboxylic acids is 3. The summed E-state index contributed by atoms with van der Waals surface area (Å²) in [5.74, 6) is -0.979. The molecule has 0 spiro atoms. The van der Waals surface area contributed by atoms with Crippen molar-refractivity contribution < 1.29 is 28.3 Å². The summed E-state index contributed by atoms with van der Waals surface area (Å²) >= 11 is 0. The minimum atomic E-state index is -0.913. The van der Waals surface area contributed by atoms with Crippen LogP contribution in [0.3, 0.4) is 0 Å². The van der Waals surface area contributed by atoms with Gasteiger partial charge in [0.25, 0.3) is 5.91 Å². The van der Waals surface area contributed by atoms with Crippen LogP contribution >= 0.6 is 0 Å². The summed E-state index contributed by atoms with van der Waals surface area (Å²) in [5.41, 5.74) is 0. The Morgan fingerprint density at radius 3 is 2.96 bits per heavy atom. The molecule has 0 unspecified atom stereocenters. The molecule has 2 atom stereocenters. The Balaban J connectivity index is 1.80. The molecule has 2 amide bonds. The third kappa shape index (κ3) is 4.82. The molecule has 0 aliphatic carbocycles. The lowest BCUT2D eigenvalue weighted by Gasteiger charge is -2.17. The lowest BCUT2D eigenvalue weighted by molar-refractivity contribution is -0.158. The first kappa shape index (κ1) is 18.0. The third-order valence-corrected chi connectivity index (χ3v) is 3.74. The van der Waals surface area contributed by atoms with E-state index >= 15 is 0 Å². The van der Waals surface area contributed by atoms with E-state index < -0.39 is 23.9 Å². The van der Waals surface area contributed by atoms with Crippen molar-refractivity contribution in [2.24, 2.45) is 5.92 Å². The van der Waals surface area contributed by atoms with Crippen LogP contribution in [0.5, 0.6) is 0 Å². The Kier molecular flexibility index (Phi) is 6.36. The molecule has 8 heteroatoms. The lowest BCUT2D eigenvalue weighted by Crippen LogP contribution is -2.38. The van der Waals surface area contributed by atoms with Gasteiger partial charge >= 0.3 is 5.97 Å². The van der Waals surface area contributed by atoms with Gasteiger partial charge in [-0.15, -0.1) is 0 Å². The monoisotopic (exact) mass is 338 g/mol. The van der Waals surface area contributed by atoms with Crippen LogP contribution in [0, 0.1) is 5.92 Å². The second-order valence-electron chi connectivity index (χ2n) is 5.62. The molecule has 0 aromatic carbocycles. The minimum absolute atomic E-state index is 0.0809. The fraction of sp³-hybridized carbons (Fsp3) is 0.562. The van der Waals surface area contributed by atoms with Crippen LogP contribution in [-0.4, -0.2) is 55.6 Å². The van der Waals surface area contributed by atoms with E-state index in [1.54, 1.807) is 17.0 Å². The van der Waals surface area contributed by atoms with Crippen molar-refractivity contribution in [3.63, 3.8) is 0 Å². The Morgan fingerprint density at radius 1 is 1.50 bits per heavy atom. The highest BCUT2D eigenvalue weighted by atomic mass is 16.5. The SMILES string of the molecule is COCCNC(=O)[C@@H](C)OC(=O)[C@@H]1CC(=O)N(Cc2ccco2)C1. The summed E-state index contributed by atoms with van der Waals surface area (Å²) in [7, 11) is 1.53. The van der Waals surface area contributed by atoms with E-state index in [1.807, 2.05) is 0 Å². The number of ether oxygens (including phenoxy) is 2. The largest absolute Gasteiger partial charge is 0.467 e. The van der Waals surface area contributed by atoms with E-state index in [-0.39, 0.29) is 18.9 Å². The van der Waals surface area contributed by atoms with Gasteiger partial charge < -0.3 is 24.1 Å². The summed E-state index contributed by atoms with van der Waals surface area (Å²) in [6.07, 6.45) is 0.701. The Hall–Kier alpha value is -2.35. The van der Waals surface area contributed by atoms with Gasteiger partial charge in [-0.2, -0.15) is 0 Å². The van der Waals surface area contributed by atoms with E-state index in [1.165, 1.54) is 20.3 Å². The predicted octanol–water partition coefficient (Wildman–Crippen LogP) is 0.322. The Bertz CT molecular complexity index is 571. The zero-order valence-corrected chi connectivity index (χ0v) is 13.8. The number of amides is 2. The molecular formula is C16H22N2O6. The molecular weight excluding hydrogens is 316 g/mol. The fourth-order valence-corrected chi connectivity index (χ4v) is 2.42. The first-order valence-electron chi connectivity index (χ1n) is 7.78. The van der Waals surface area contributed by atoms with Crippen molar-refractivity contribution in [2.75, 3.05) is 26.8 Å². The maximum absolute atomic E-state index is 12.2. The molecule has 0 radical (unpaired) electrons. The topological polar surface area (TPSA) is 98.1 Å². The second-order valence-corrected chi connectivity index (χ2v) is 5.62. The zero-order chi connectivity index (χ0) is 17.5. The van der Waals surface area contributed by atoms with Gasteiger partial charge in [0.2, 0.25) is 5.91 Å². The number of rotatable bonds is 8. The molecule has 1 fully saturated rings. The van der Waals surface area contributed by atoms with Crippen molar-refractivity contribution >= 4 is 17.8 Å². The molecule has 1 aromatic rings. The van der Waals surface area contributed by atoms with Crippen molar-refractivity contribution in [1.82, 2.24) is 10.2 Å². The van der Waals surface area contributed by atoms with Crippen molar-refractivity contribution in [1.29, 1.82) is 0 Å². The molecule has 1 saturated heterocycles. The fourth-order valence-electron chi connectivity index (χ4n) is 2.42. The van der Waals surface area contributed by atoms with E-state index in [2.05, 4.69) is 5.32 Å². The van der Waals surface area contributed by atoms with E-state index in [9.17, 15) is 14.4 Å². The van der Waals surface area contributed by atoms with Gasteiger partial charge in [0.05, 0.1) is 25.3 Å². The number of hydrogen-bond donors (Lipinski definition) is 1. The highest BCUT2D eigenvalue weighted by Crippen LogP contribution is 2.22. The van der Waals surface area contributed by atoms with Crippen LogP contribution in [0.15, 0.2) is 22.8 Å². The molecule has 0 saturated carbocycles. The number of carbonyl (C=O) groups is 3. The maximum atomic E-state index is 12.2. The van der Waals surface area contributed by atoms with Gasteiger partial charge in [-0.05, 0) is 19.1 Å². The minimum Gasteiger partial charge on any atom is -0.467 e. The first-order chi connectivity index (χ1) is 11.5. The lowest BCUT2D eigenvalue weighted by atomic mass is 10.1. The first-order valence-corrected chi connectivity index (χ1v) is 7.78. The van der Waals surface area contributed by atoms with Gasteiger partial charge in [-0.1, -0.05) is 0 Å². The van der Waals surface area contributed by atoms with Crippen LogP contribution in [0.1, 0.15) is 19.1 Å². The number of esters is 1. The highest BCUT2D eigenvalue weighted by Gasteiger charge is 2.36. The maximum Gasteiger partial charge on any atom is 0.312 e. The highest BCUT2D eigenvalue weighted by molar-refractivity contribution is 5.88. The molecule has 1 aliphatic heterocycles. The van der Waals surface area contributed by atoms with E-state index in [0.717, 1.165) is 0 Å². The second kappa shape index (κ2) is 8.49. The van der Waals surface area contributed by atoms with E-state index in [0.29, 0.717) is 25.5 Å². The smallest absolute Gasteiger partial charge is 0.312 e. The van der Waals surface area contributed by atoms with Crippen molar-refractivity contribution in [2.45, 2.75) is 26.0 Å².